The lowest BCUT2D eigenvalue weighted by atomic mass is 10.1. The van der Waals surface area contributed by atoms with Gasteiger partial charge in [-0.15, -0.1) is 0 Å². The number of fused-ring (bicyclic) bond motifs is 3. The van der Waals surface area contributed by atoms with Crippen LogP contribution in [0.3, 0.4) is 0 Å². The highest BCUT2D eigenvalue weighted by atomic mass is 14.7. The molecule has 2 nitrogen and oxygen atoms in total. The maximum Gasteiger partial charge on any atom is 0.0709 e. The van der Waals surface area contributed by atoms with Crippen LogP contribution in [-0.2, 0) is 0 Å². The van der Waals surface area contributed by atoms with E-state index in [1.54, 1.807) is 0 Å². The van der Waals surface area contributed by atoms with Crippen molar-refractivity contribution in [3.63, 3.8) is 0 Å². The number of aromatic nitrogens is 2. The minimum absolute atomic E-state index is 1.02. The molecule has 2 aromatic heterocycles. The van der Waals surface area contributed by atoms with Gasteiger partial charge in [0.05, 0.1) is 5.52 Å². The quantitative estimate of drug-likeness (QED) is 0.514. The summed E-state index contributed by atoms with van der Waals surface area (Å²) in [5.41, 5.74) is 2.05. The minimum atomic E-state index is 1.02. The topological polar surface area (TPSA) is 25.8 Å². The number of rotatable bonds is 0. The van der Waals surface area contributed by atoms with Crippen molar-refractivity contribution in [2.45, 2.75) is 6.92 Å². The number of pyridine rings is 2. The summed E-state index contributed by atoms with van der Waals surface area (Å²) in [6.07, 6.45) is 3.83. The standard InChI is InChI=1S/C13H10N2/c1-9-6-10-7-15-13-5-3-2-4-11(13)12(10)8-14-9/h2-8H,1H3. The molecule has 15 heavy (non-hydrogen) atoms. The van der Waals surface area contributed by atoms with Crippen LogP contribution in [0.25, 0.3) is 21.7 Å². The van der Waals surface area contributed by atoms with Crippen LogP contribution in [0.5, 0.6) is 0 Å². The second-order valence-corrected chi connectivity index (χ2v) is 3.69. The average molecular weight is 194 g/mol. The SMILES string of the molecule is Cc1cc2cnc3ccccc3c2cn1. The van der Waals surface area contributed by atoms with Gasteiger partial charge in [0.15, 0.2) is 0 Å². The fraction of sp³-hybridized carbons (Fsp3) is 0.0769. The summed E-state index contributed by atoms with van der Waals surface area (Å²) in [5, 5.41) is 3.50. The van der Waals surface area contributed by atoms with Crippen LogP contribution in [0, 0.1) is 6.92 Å². The van der Waals surface area contributed by atoms with Crippen molar-refractivity contribution in [1.82, 2.24) is 9.97 Å². The number of nitrogens with zero attached hydrogens (tertiary/aromatic N) is 2. The van der Waals surface area contributed by atoms with Gasteiger partial charge >= 0.3 is 0 Å². The van der Waals surface area contributed by atoms with E-state index in [1.807, 2.05) is 37.5 Å². The Morgan fingerprint density at radius 3 is 2.73 bits per heavy atom. The van der Waals surface area contributed by atoms with Crippen molar-refractivity contribution in [1.29, 1.82) is 0 Å². The van der Waals surface area contributed by atoms with Gasteiger partial charge in [0, 0.05) is 34.2 Å². The molecule has 0 aliphatic rings. The molecule has 0 N–H and O–H groups in total. The van der Waals surface area contributed by atoms with Gasteiger partial charge < -0.3 is 0 Å². The molecule has 0 bridgehead atoms. The van der Waals surface area contributed by atoms with Gasteiger partial charge in [-0.1, -0.05) is 18.2 Å². The first-order chi connectivity index (χ1) is 7.34. The molecule has 0 radical (unpaired) electrons. The highest BCUT2D eigenvalue weighted by Gasteiger charge is 2.00. The Bertz CT molecular complexity index is 644. The molecule has 0 aliphatic carbocycles. The number of hydrogen-bond acceptors (Lipinski definition) is 2. The van der Waals surface area contributed by atoms with Crippen molar-refractivity contribution in [2.75, 3.05) is 0 Å². The molecule has 0 saturated heterocycles. The Kier molecular flexibility index (Phi) is 1.68. The Morgan fingerprint density at radius 2 is 1.80 bits per heavy atom. The highest BCUT2D eigenvalue weighted by molar-refractivity contribution is 6.04. The fourth-order valence-electron chi connectivity index (χ4n) is 1.87. The Balaban J connectivity index is 2.55. The lowest BCUT2D eigenvalue weighted by Crippen LogP contribution is -1.85. The van der Waals surface area contributed by atoms with Gasteiger partial charge in [-0.25, -0.2) is 0 Å². The smallest absolute Gasteiger partial charge is 0.0709 e. The van der Waals surface area contributed by atoms with Crippen molar-refractivity contribution in [3.8, 4) is 0 Å². The summed E-state index contributed by atoms with van der Waals surface area (Å²) in [5.74, 6) is 0. The van der Waals surface area contributed by atoms with Crippen molar-refractivity contribution < 1.29 is 0 Å². The maximum atomic E-state index is 4.42. The third kappa shape index (κ3) is 1.26. The van der Waals surface area contributed by atoms with Crippen molar-refractivity contribution >= 4 is 21.7 Å². The molecule has 3 aromatic rings. The molecular weight excluding hydrogens is 184 g/mol. The summed E-state index contributed by atoms with van der Waals surface area (Å²) in [4.78, 5) is 8.75. The summed E-state index contributed by atoms with van der Waals surface area (Å²) < 4.78 is 0. The molecule has 0 atom stereocenters. The van der Waals surface area contributed by atoms with E-state index in [0.717, 1.165) is 16.6 Å². The zero-order valence-electron chi connectivity index (χ0n) is 8.44. The number of benzene rings is 1. The third-order valence-corrected chi connectivity index (χ3v) is 2.61. The van der Waals surface area contributed by atoms with E-state index in [-0.39, 0.29) is 0 Å². The first kappa shape index (κ1) is 8.36. The van der Waals surface area contributed by atoms with Crippen molar-refractivity contribution in [3.05, 3.63) is 48.4 Å². The van der Waals surface area contributed by atoms with Crippen LogP contribution in [-0.4, -0.2) is 9.97 Å². The predicted octanol–water partition coefficient (Wildman–Crippen LogP) is 3.09. The second-order valence-electron chi connectivity index (χ2n) is 3.69. The van der Waals surface area contributed by atoms with Crippen LogP contribution in [0.15, 0.2) is 42.7 Å². The molecule has 2 heteroatoms. The molecule has 3 rings (SSSR count). The summed E-state index contributed by atoms with van der Waals surface area (Å²) >= 11 is 0. The van der Waals surface area contributed by atoms with Crippen LogP contribution in [0.1, 0.15) is 5.69 Å². The first-order valence-electron chi connectivity index (χ1n) is 4.95. The molecule has 0 saturated carbocycles. The van der Waals surface area contributed by atoms with Gasteiger partial charge in [0.1, 0.15) is 0 Å². The van der Waals surface area contributed by atoms with Gasteiger partial charge in [-0.2, -0.15) is 0 Å². The van der Waals surface area contributed by atoms with Crippen LogP contribution >= 0.6 is 0 Å². The molecule has 0 fully saturated rings. The molecule has 1 aromatic carbocycles. The van der Waals surface area contributed by atoms with Gasteiger partial charge in [0.25, 0.3) is 0 Å². The Labute approximate surface area is 87.6 Å². The first-order valence-corrected chi connectivity index (χ1v) is 4.95. The van der Waals surface area contributed by atoms with E-state index in [2.05, 4.69) is 22.1 Å². The normalized spacial score (nSPS) is 11.0. The summed E-state index contributed by atoms with van der Waals surface area (Å²) in [7, 11) is 0. The average Bonchev–Trinajstić information content (AvgIpc) is 2.28. The van der Waals surface area contributed by atoms with E-state index < -0.39 is 0 Å². The zero-order valence-corrected chi connectivity index (χ0v) is 8.44. The largest absolute Gasteiger partial charge is 0.261 e. The lowest BCUT2D eigenvalue weighted by Gasteiger charge is -2.02. The van der Waals surface area contributed by atoms with Crippen LogP contribution in [0.4, 0.5) is 0 Å². The zero-order chi connectivity index (χ0) is 10.3. The molecule has 0 spiro atoms. The predicted molar refractivity (Wildman–Crippen MR) is 61.8 cm³/mol. The molecule has 72 valence electrons. The molecule has 0 unspecified atom stereocenters. The van der Waals surface area contributed by atoms with Crippen LogP contribution < -0.4 is 0 Å². The second kappa shape index (κ2) is 3.02. The molecule has 2 heterocycles. The molecule has 0 aliphatic heterocycles. The van der Waals surface area contributed by atoms with Gasteiger partial charge in [-0.05, 0) is 19.1 Å². The monoisotopic (exact) mass is 194 g/mol. The fourth-order valence-corrected chi connectivity index (χ4v) is 1.87. The highest BCUT2D eigenvalue weighted by Crippen LogP contribution is 2.22. The molecular formula is C13H10N2. The lowest BCUT2D eigenvalue weighted by molar-refractivity contribution is 1.22. The van der Waals surface area contributed by atoms with E-state index in [9.17, 15) is 0 Å². The maximum absolute atomic E-state index is 4.42. The summed E-state index contributed by atoms with van der Waals surface area (Å²) in [6, 6.07) is 10.2. The number of para-hydroxylation sites is 1. The van der Waals surface area contributed by atoms with Gasteiger partial charge in [-0.3, -0.25) is 9.97 Å². The minimum Gasteiger partial charge on any atom is -0.261 e. The van der Waals surface area contributed by atoms with E-state index in [1.165, 1.54) is 10.8 Å². The Hall–Kier alpha value is -1.96. The van der Waals surface area contributed by atoms with E-state index in [0.29, 0.717) is 0 Å². The number of aryl methyl sites for hydroxylation is 1. The number of hydrogen-bond donors (Lipinski definition) is 0. The Morgan fingerprint density at radius 1 is 0.933 bits per heavy atom. The third-order valence-electron chi connectivity index (χ3n) is 2.61. The summed E-state index contributed by atoms with van der Waals surface area (Å²) in [6.45, 7) is 1.99. The van der Waals surface area contributed by atoms with Crippen molar-refractivity contribution in [2.24, 2.45) is 0 Å². The van der Waals surface area contributed by atoms with E-state index in [4.69, 9.17) is 0 Å². The van der Waals surface area contributed by atoms with Gasteiger partial charge in [0.2, 0.25) is 0 Å². The van der Waals surface area contributed by atoms with Crippen LogP contribution in [0.2, 0.25) is 0 Å². The van der Waals surface area contributed by atoms with E-state index >= 15 is 0 Å². The molecule has 0 amide bonds.